The number of aromatic nitrogens is 1. The minimum Gasteiger partial charge on any atom is -0.369 e. The second kappa shape index (κ2) is 6.89. The number of thiazole rings is 1. The number of hydrogen-bond donors (Lipinski definition) is 1. The van der Waals surface area contributed by atoms with Crippen LogP contribution < -0.4 is 10.2 Å². The molecule has 1 N–H and O–H groups in total. The van der Waals surface area contributed by atoms with Gasteiger partial charge < -0.3 is 10.2 Å². The Morgan fingerprint density at radius 3 is 2.59 bits per heavy atom. The Bertz CT molecular complexity index is 594. The van der Waals surface area contributed by atoms with Crippen molar-refractivity contribution in [2.75, 3.05) is 36.4 Å². The molecule has 0 bridgehead atoms. The molecule has 1 saturated heterocycles. The topological polar surface area (TPSA) is 48.5 Å². The summed E-state index contributed by atoms with van der Waals surface area (Å²) in [4.78, 5) is 20.9. The van der Waals surface area contributed by atoms with E-state index in [2.05, 4.69) is 44.4 Å². The molecule has 1 aliphatic heterocycles. The molecule has 116 valence electrons. The van der Waals surface area contributed by atoms with E-state index in [0.29, 0.717) is 5.13 Å². The van der Waals surface area contributed by atoms with Crippen LogP contribution in [-0.4, -0.2) is 48.0 Å². The fourth-order valence-electron chi connectivity index (χ4n) is 2.67. The van der Waals surface area contributed by atoms with Gasteiger partial charge in [0.1, 0.15) is 0 Å². The number of carbonyl (C=O) groups excluding carboxylic acids is 1. The molecular weight excluding hydrogens is 296 g/mol. The van der Waals surface area contributed by atoms with Gasteiger partial charge in [0, 0.05) is 43.4 Å². The second-order valence-corrected chi connectivity index (χ2v) is 6.26. The predicted octanol–water partition coefficient (Wildman–Crippen LogP) is 2.29. The van der Waals surface area contributed by atoms with Crippen molar-refractivity contribution in [1.82, 2.24) is 9.88 Å². The van der Waals surface area contributed by atoms with Gasteiger partial charge in [-0.05, 0) is 19.1 Å². The van der Waals surface area contributed by atoms with Crippen LogP contribution in [0.15, 0.2) is 41.9 Å². The number of nitrogens with one attached hydrogen (secondary N) is 1. The van der Waals surface area contributed by atoms with E-state index in [1.807, 2.05) is 18.4 Å². The van der Waals surface area contributed by atoms with Crippen molar-refractivity contribution >= 4 is 28.1 Å². The lowest BCUT2D eigenvalue weighted by Crippen LogP contribution is -2.52. The van der Waals surface area contributed by atoms with Gasteiger partial charge in [-0.1, -0.05) is 18.2 Å². The third-order valence-electron chi connectivity index (χ3n) is 4.03. The zero-order valence-corrected chi connectivity index (χ0v) is 13.4. The molecule has 0 unspecified atom stereocenters. The molecule has 1 aliphatic rings. The van der Waals surface area contributed by atoms with Crippen molar-refractivity contribution in [3.8, 4) is 0 Å². The molecule has 0 aliphatic carbocycles. The lowest BCUT2D eigenvalue weighted by Gasteiger charge is -2.38. The van der Waals surface area contributed by atoms with Crippen LogP contribution in [0.3, 0.4) is 0 Å². The first-order chi connectivity index (χ1) is 10.7. The van der Waals surface area contributed by atoms with Crippen molar-refractivity contribution < 1.29 is 4.79 Å². The number of hydrogen-bond acceptors (Lipinski definition) is 5. The molecule has 0 spiro atoms. The van der Waals surface area contributed by atoms with E-state index in [-0.39, 0.29) is 11.9 Å². The number of para-hydroxylation sites is 1. The van der Waals surface area contributed by atoms with Crippen LogP contribution in [0.25, 0.3) is 0 Å². The standard InChI is InChI=1S/C16H20N4OS/c1-13(15(21)18-16-17-7-12-22-16)19-8-10-20(11-9-19)14-5-3-2-4-6-14/h2-7,12-13H,8-11H2,1H3,(H,17,18,21)/t13-/m1/s1. The summed E-state index contributed by atoms with van der Waals surface area (Å²) in [7, 11) is 0. The van der Waals surface area contributed by atoms with Gasteiger partial charge >= 0.3 is 0 Å². The Kier molecular flexibility index (Phi) is 4.70. The first-order valence-electron chi connectivity index (χ1n) is 7.48. The Balaban J connectivity index is 1.53. The summed E-state index contributed by atoms with van der Waals surface area (Å²) in [6.45, 7) is 5.63. The fraction of sp³-hybridized carbons (Fsp3) is 0.375. The number of benzene rings is 1. The molecule has 2 heterocycles. The number of rotatable bonds is 4. The highest BCUT2D eigenvalue weighted by atomic mass is 32.1. The highest BCUT2D eigenvalue weighted by molar-refractivity contribution is 7.13. The molecule has 5 nitrogen and oxygen atoms in total. The summed E-state index contributed by atoms with van der Waals surface area (Å²) in [5.74, 6) is 0.0168. The van der Waals surface area contributed by atoms with Gasteiger partial charge in [-0.25, -0.2) is 4.98 Å². The third-order valence-corrected chi connectivity index (χ3v) is 4.71. The number of anilines is 2. The van der Waals surface area contributed by atoms with Crippen LogP contribution in [0.2, 0.25) is 0 Å². The zero-order valence-electron chi connectivity index (χ0n) is 12.6. The minimum absolute atomic E-state index is 0.0168. The van der Waals surface area contributed by atoms with Gasteiger partial charge in [0.15, 0.2) is 5.13 Å². The highest BCUT2D eigenvalue weighted by Crippen LogP contribution is 2.17. The maximum atomic E-state index is 12.3. The van der Waals surface area contributed by atoms with Gasteiger partial charge in [-0.3, -0.25) is 9.69 Å². The zero-order chi connectivity index (χ0) is 15.4. The van der Waals surface area contributed by atoms with Crippen LogP contribution in [0.4, 0.5) is 10.8 Å². The van der Waals surface area contributed by atoms with Gasteiger partial charge in [0.2, 0.25) is 5.91 Å². The van der Waals surface area contributed by atoms with Crippen molar-refractivity contribution in [3.63, 3.8) is 0 Å². The average Bonchev–Trinajstić information content (AvgIpc) is 3.08. The van der Waals surface area contributed by atoms with Crippen LogP contribution in [0.5, 0.6) is 0 Å². The summed E-state index contributed by atoms with van der Waals surface area (Å²) < 4.78 is 0. The van der Waals surface area contributed by atoms with Crippen LogP contribution in [0, 0.1) is 0 Å². The van der Waals surface area contributed by atoms with Gasteiger partial charge in [0.05, 0.1) is 6.04 Å². The van der Waals surface area contributed by atoms with Crippen LogP contribution >= 0.6 is 11.3 Å². The molecule has 0 radical (unpaired) electrons. The quantitative estimate of drug-likeness (QED) is 0.940. The van der Waals surface area contributed by atoms with Crippen molar-refractivity contribution in [3.05, 3.63) is 41.9 Å². The first kappa shape index (κ1) is 15.0. The molecule has 1 aromatic heterocycles. The monoisotopic (exact) mass is 316 g/mol. The highest BCUT2D eigenvalue weighted by Gasteiger charge is 2.25. The summed E-state index contributed by atoms with van der Waals surface area (Å²) >= 11 is 1.44. The maximum Gasteiger partial charge on any atom is 0.243 e. The largest absolute Gasteiger partial charge is 0.369 e. The third kappa shape index (κ3) is 3.45. The van der Waals surface area contributed by atoms with E-state index < -0.39 is 0 Å². The Morgan fingerprint density at radius 2 is 1.95 bits per heavy atom. The van der Waals surface area contributed by atoms with E-state index in [9.17, 15) is 4.79 Å². The van der Waals surface area contributed by atoms with E-state index in [4.69, 9.17) is 0 Å². The van der Waals surface area contributed by atoms with Crippen molar-refractivity contribution in [1.29, 1.82) is 0 Å². The minimum atomic E-state index is -0.137. The average molecular weight is 316 g/mol. The van der Waals surface area contributed by atoms with E-state index in [0.717, 1.165) is 26.2 Å². The van der Waals surface area contributed by atoms with Crippen molar-refractivity contribution in [2.45, 2.75) is 13.0 Å². The van der Waals surface area contributed by atoms with Gasteiger partial charge in [-0.2, -0.15) is 0 Å². The Morgan fingerprint density at radius 1 is 1.23 bits per heavy atom. The molecule has 6 heteroatoms. The first-order valence-corrected chi connectivity index (χ1v) is 8.36. The van der Waals surface area contributed by atoms with Crippen LogP contribution in [0.1, 0.15) is 6.92 Å². The molecule has 2 aromatic rings. The van der Waals surface area contributed by atoms with E-state index in [1.54, 1.807) is 6.20 Å². The smallest absolute Gasteiger partial charge is 0.243 e. The Labute approximate surface area is 134 Å². The number of carbonyl (C=O) groups is 1. The summed E-state index contributed by atoms with van der Waals surface area (Å²) in [6, 6.07) is 10.3. The lowest BCUT2D eigenvalue weighted by atomic mass is 10.2. The molecular formula is C16H20N4OS. The van der Waals surface area contributed by atoms with E-state index in [1.165, 1.54) is 17.0 Å². The molecule has 1 aromatic carbocycles. The van der Waals surface area contributed by atoms with E-state index >= 15 is 0 Å². The molecule has 3 rings (SSSR count). The molecule has 22 heavy (non-hydrogen) atoms. The fourth-order valence-corrected chi connectivity index (χ4v) is 3.20. The number of piperazine rings is 1. The number of amides is 1. The van der Waals surface area contributed by atoms with Crippen LogP contribution in [-0.2, 0) is 4.79 Å². The molecule has 1 atom stereocenters. The maximum absolute atomic E-state index is 12.3. The summed E-state index contributed by atoms with van der Waals surface area (Å²) in [5.41, 5.74) is 1.25. The summed E-state index contributed by atoms with van der Waals surface area (Å²) in [5, 5.41) is 5.40. The Hall–Kier alpha value is -1.92. The normalized spacial score (nSPS) is 17.2. The van der Waals surface area contributed by atoms with Crippen molar-refractivity contribution in [2.24, 2.45) is 0 Å². The molecule has 0 saturated carbocycles. The van der Waals surface area contributed by atoms with Gasteiger partial charge in [-0.15, -0.1) is 11.3 Å². The SMILES string of the molecule is C[C@H](C(=O)Nc1nccs1)N1CCN(c2ccccc2)CC1. The predicted molar refractivity (Wildman–Crippen MR) is 90.4 cm³/mol. The molecule has 1 fully saturated rings. The van der Waals surface area contributed by atoms with Gasteiger partial charge in [0.25, 0.3) is 0 Å². The number of nitrogens with zero attached hydrogens (tertiary/aromatic N) is 3. The molecule has 1 amide bonds. The second-order valence-electron chi connectivity index (χ2n) is 5.36. The summed E-state index contributed by atoms with van der Waals surface area (Å²) in [6.07, 6.45) is 1.70. The lowest BCUT2D eigenvalue weighted by molar-refractivity contribution is -0.120.